The Labute approximate surface area is 101 Å². The second kappa shape index (κ2) is 6.58. The zero-order valence-electron chi connectivity index (χ0n) is 11.4. The van der Waals surface area contributed by atoms with Crippen LogP contribution in [0.3, 0.4) is 0 Å². The molecular formula is C13H29N3. The van der Waals surface area contributed by atoms with Crippen LogP contribution in [0.1, 0.15) is 33.6 Å². The van der Waals surface area contributed by atoms with Crippen LogP contribution in [0.4, 0.5) is 0 Å². The Morgan fingerprint density at radius 3 is 2.44 bits per heavy atom. The Morgan fingerprint density at radius 1 is 1.19 bits per heavy atom. The molecule has 0 aliphatic carbocycles. The molecular weight excluding hydrogens is 198 g/mol. The fraction of sp³-hybridized carbons (Fsp3) is 1.00. The highest BCUT2D eigenvalue weighted by Crippen LogP contribution is 2.17. The van der Waals surface area contributed by atoms with Gasteiger partial charge >= 0.3 is 0 Å². The summed E-state index contributed by atoms with van der Waals surface area (Å²) in [7, 11) is 2.19. The molecule has 16 heavy (non-hydrogen) atoms. The first kappa shape index (κ1) is 13.9. The lowest BCUT2D eigenvalue weighted by molar-refractivity contribution is 0.0573. The summed E-state index contributed by atoms with van der Waals surface area (Å²) in [6.45, 7) is 11.2. The highest BCUT2D eigenvalue weighted by Gasteiger charge is 2.27. The van der Waals surface area contributed by atoms with E-state index in [-0.39, 0.29) is 0 Å². The number of hydrogen-bond acceptors (Lipinski definition) is 3. The molecule has 0 amide bonds. The zero-order valence-corrected chi connectivity index (χ0v) is 11.4. The van der Waals surface area contributed by atoms with Gasteiger partial charge in [-0.05, 0) is 32.7 Å². The third kappa shape index (κ3) is 4.04. The summed E-state index contributed by atoms with van der Waals surface area (Å²) in [4.78, 5) is 5.01. The molecule has 1 aliphatic heterocycles. The van der Waals surface area contributed by atoms with Gasteiger partial charge in [0.1, 0.15) is 0 Å². The molecule has 0 aromatic rings. The third-order valence-electron chi connectivity index (χ3n) is 3.73. The van der Waals surface area contributed by atoms with Gasteiger partial charge in [0.15, 0.2) is 0 Å². The van der Waals surface area contributed by atoms with Crippen molar-refractivity contribution in [2.75, 3.05) is 33.2 Å². The van der Waals surface area contributed by atoms with Crippen molar-refractivity contribution in [1.82, 2.24) is 9.80 Å². The van der Waals surface area contributed by atoms with Gasteiger partial charge in [-0.25, -0.2) is 0 Å². The molecule has 0 radical (unpaired) electrons. The van der Waals surface area contributed by atoms with Crippen LogP contribution in [0.25, 0.3) is 0 Å². The molecule has 96 valence electrons. The van der Waals surface area contributed by atoms with Crippen LogP contribution in [0, 0.1) is 5.92 Å². The predicted molar refractivity (Wildman–Crippen MR) is 70.6 cm³/mol. The lowest BCUT2D eigenvalue weighted by Crippen LogP contribution is -2.57. The molecule has 3 nitrogen and oxygen atoms in total. The fourth-order valence-electron chi connectivity index (χ4n) is 2.56. The molecule has 2 atom stereocenters. The molecule has 0 saturated carbocycles. The Kier molecular flexibility index (Phi) is 5.73. The van der Waals surface area contributed by atoms with E-state index in [4.69, 9.17) is 5.73 Å². The number of piperazine rings is 1. The highest BCUT2D eigenvalue weighted by atomic mass is 15.3. The maximum atomic E-state index is 5.88. The van der Waals surface area contributed by atoms with Crippen LogP contribution >= 0.6 is 0 Å². The van der Waals surface area contributed by atoms with E-state index >= 15 is 0 Å². The largest absolute Gasteiger partial charge is 0.329 e. The van der Waals surface area contributed by atoms with Crippen molar-refractivity contribution in [2.45, 2.75) is 45.7 Å². The third-order valence-corrected chi connectivity index (χ3v) is 3.73. The highest BCUT2D eigenvalue weighted by molar-refractivity contribution is 4.84. The van der Waals surface area contributed by atoms with E-state index in [2.05, 4.69) is 37.6 Å². The van der Waals surface area contributed by atoms with Gasteiger partial charge in [0.25, 0.3) is 0 Å². The van der Waals surface area contributed by atoms with Gasteiger partial charge in [0.2, 0.25) is 0 Å². The van der Waals surface area contributed by atoms with Crippen molar-refractivity contribution in [1.29, 1.82) is 0 Å². The average Bonchev–Trinajstić information content (AvgIpc) is 2.25. The van der Waals surface area contributed by atoms with Crippen molar-refractivity contribution in [3.63, 3.8) is 0 Å². The minimum atomic E-state index is 0.556. The van der Waals surface area contributed by atoms with E-state index < -0.39 is 0 Å². The van der Waals surface area contributed by atoms with E-state index in [1.54, 1.807) is 0 Å². The van der Waals surface area contributed by atoms with Crippen molar-refractivity contribution >= 4 is 0 Å². The molecule has 3 heteroatoms. The SMILES string of the molecule is CC(C)CCC(C)N1CCN(C)CC1CN. The van der Waals surface area contributed by atoms with Crippen molar-refractivity contribution < 1.29 is 0 Å². The van der Waals surface area contributed by atoms with Crippen LogP contribution in [0.15, 0.2) is 0 Å². The first-order valence-electron chi connectivity index (χ1n) is 6.69. The van der Waals surface area contributed by atoms with Gasteiger partial charge in [-0.3, -0.25) is 4.90 Å². The van der Waals surface area contributed by atoms with Gasteiger partial charge < -0.3 is 10.6 Å². The molecule has 1 heterocycles. The van der Waals surface area contributed by atoms with Gasteiger partial charge in [0, 0.05) is 38.3 Å². The number of nitrogens with zero attached hydrogens (tertiary/aromatic N) is 2. The van der Waals surface area contributed by atoms with Crippen LogP contribution < -0.4 is 5.73 Å². The quantitative estimate of drug-likeness (QED) is 0.770. The number of rotatable bonds is 5. The first-order chi connectivity index (χ1) is 7.54. The van der Waals surface area contributed by atoms with E-state index in [1.165, 1.54) is 25.9 Å². The zero-order chi connectivity index (χ0) is 12.1. The summed E-state index contributed by atoms with van der Waals surface area (Å²) in [5.41, 5.74) is 5.88. The molecule has 0 aromatic carbocycles. The smallest absolute Gasteiger partial charge is 0.0348 e. The molecule has 2 unspecified atom stereocenters. The van der Waals surface area contributed by atoms with Crippen molar-refractivity contribution in [2.24, 2.45) is 11.7 Å². The summed E-state index contributed by atoms with van der Waals surface area (Å²) in [5, 5.41) is 0. The van der Waals surface area contributed by atoms with E-state index in [1.807, 2.05) is 0 Å². The fourth-order valence-corrected chi connectivity index (χ4v) is 2.56. The Hall–Kier alpha value is -0.120. The van der Waals surface area contributed by atoms with E-state index in [9.17, 15) is 0 Å². The lowest BCUT2D eigenvalue weighted by Gasteiger charge is -2.43. The van der Waals surface area contributed by atoms with Gasteiger partial charge in [0.05, 0.1) is 0 Å². The van der Waals surface area contributed by atoms with Gasteiger partial charge in [-0.2, -0.15) is 0 Å². The maximum absolute atomic E-state index is 5.88. The summed E-state index contributed by atoms with van der Waals surface area (Å²) in [5.74, 6) is 0.811. The number of hydrogen-bond donors (Lipinski definition) is 1. The number of nitrogens with two attached hydrogens (primary N) is 1. The monoisotopic (exact) mass is 227 g/mol. The molecule has 1 aliphatic rings. The standard InChI is InChI=1S/C13H29N3/c1-11(2)5-6-12(3)16-8-7-15(4)10-13(16)9-14/h11-13H,5-10,14H2,1-4H3. The first-order valence-corrected chi connectivity index (χ1v) is 6.69. The second-order valence-electron chi connectivity index (χ2n) is 5.71. The normalized spacial score (nSPS) is 26.2. The maximum Gasteiger partial charge on any atom is 0.0348 e. The van der Waals surface area contributed by atoms with Gasteiger partial charge in [-0.15, -0.1) is 0 Å². The minimum absolute atomic E-state index is 0.556. The Balaban J connectivity index is 2.43. The molecule has 1 rings (SSSR count). The molecule has 0 bridgehead atoms. The Morgan fingerprint density at radius 2 is 1.88 bits per heavy atom. The molecule has 1 fully saturated rings. The van der Waals surface area contributed by atoms with Crippen LogP contribution in [0.2, 0.25) is 0 Å². The average molecular weight is 227 g/mol. The molecule has 1 saturated heterocycles. The van der Waals surface area contributed by atoms with E-state index in [0.29, 0.717) is 12.1 Å². The molecule has 0 spiro atoms. The lowest BCUT2D eigenvalue weighted by atomic mass is 10.0. The van der Waals surface area contributed by atoms with Crippen molar-refractivity contribution in [3.05, 3.63) is 0 Å². The van der Waals surface area contributed by atoms with Crippen LogP contribution in [-0.4, -0.2) is 55.1 Å². The van der Waals surface area contributed by atoms with Crippen molar-refractivity contribution in [3.8, 4) is 0 Å². The summed E-state index contributed by atoms with van der Waals surface area (Å²) < 4.78 is 0. The van der Waals surface area contributed by atoms with Crippen LogP contribution in [-0.2, 0) is 0 Å². The Bertz CT molecular complexity index is 194. The minimum Gasteiger partial charge on any atom is -0.329 e. The molecule has 0 aromatic heterocycles. The molecule has 2 N–H and O–H groups in total. The predicted octanol–water partition coefficient (Wildman–Crippen LogP) is 1.39. The summed E-state index contributed by atoms with van der Waals surface area (Å²) >= 11 is 0. The van der Waals surface area contributed by atoms with Gasteiger partial charge in [-0.1, -0.05) is 13.8 Å². The second-order valence-corrected chi connectivity index (χ2v) is 5.71. The number of likely N-dealkylation sites (N-methyl/N-ethyl adjacent to an activating group) is 1. The summed E-state index contributed by atoms with van der Waals surface area (Å²) in [6, 6.07) is 1.24. The topological polar surface area (TPSA) is 32.5 Å². The summed E-state index contributed by atoms with van der Waals surface area (Å²) in [6.07, 6.45) is 2.63. The van der Waals surface area contributed by atoms with Crippen LogP contribution in [0.5, 0.6) is 0 Å². The van der Waals surface area contributed by atoms with E-state index in [0.717, 1.165) is 19.0 Å².